The number of carbonyl (C=O) groups is 2. The van der Waals surface area contributed by atoms with Crippen LogP contribution in [0.4, 0.5) is 0 Å². The minimum absolute atomic E-state index is 0.218. The number of thioether (sulfide) groups is 1. The molecular formula is C13H17N2O2S. The predicted octanol–water partition coefficient (Wildman–Crippen LogP) is 1.53. The van der Waals surface area contributed by atoms with E-state index >= 15 is 0 Å². The second kappa shape index (κ2) is 7.76. The second-order valence-electron chi connectivity index (χ2n) is 3.68. The molecule has 1 aromatic carbocycles. The van der Waals surface area contributed by atoms with Gasteiger partial charge in [-0.3, -0.25) is 9.59 Å². The Kier molecular flexibility index (Phi) is 6.28. The predicted molar refractivity (Wildman–Crippen MR) is 73.0 cm³/mol. The number of nitrogens with one attached hydrogen (secondary N) is 1. The van der Waals surface area contributed by atoms with Gasteiger partial charge in [-0.15, -0.1) is 11.8 Å². The van der Waals surface area contributed by atoms with E-state index in [4.69, 9.17) is 0 Å². The molecule has 5 heteroatoms. The first-order valence-electron chi connectivity index (χ1n) is 5.77. The average Bonchev–Trinajstić information content (AvgIpc) is 2.36. The summed E-state index contributed by atoms with van der Waals surface area (Å²) in [4.78, 5) is 22.8. The van der Waals surface area contributed by atoms with E-state index in [1.807, 2.05) is 37.3 Å². The first-order chi connectivity index (χ1) is 8.63. The van der Waals surface area contributed by atoms with Gasteiger partial charge in [-0.1, -0.05) is 37.3 Å². The quantitative estimate of drug-likeness (QED) is 0.794. The Hall–Kier alpha value is -1.49. The molecule has 0 saturated carbocycles. The fourth-order valence-corrected chi connectivity index (χ4v) is 2.16. The summed E-state index contributed by atoms with van der Waals surface area (Å²) in [5.41, 5.74) is 0.980. The van der Waals surface area contributed by atoms with Crippen molar-refractivity contribution in [2.45, 2.75) is 25.8 Å². The highest BCUT2D eigenvalue weighted by molar-refractivity contribution is 8.00. The van der Waals surface area contributed by atoms with Gasteiger partial charge in [0, 0.05) is 6.92 Å². The van der Waals surface area contributed by atoms with Gasteiger partial charge in [0.1, 0.15) is 0 Å². The molecule has 2 amide bonds. The van der Waals surface area contributed by atoms with Gasteiger partial charge >= 0.3 is 0 Å². The van der Waals surface area contributed by atoms with Crippen LogP contribution in [0.1, 0.15) is 19.4 Å². The molecule has 0 fully saturated rings. The molecule has 1 radical (unpaired) electrons. The van der Waals surface area contributed by atoms with Crippen LogP contribution < -0.4 is 10.6 Å². The Morgan fingerprint density at radius 1 is 1.33 bits per heavy atom. The molecule has 4 nitrogen and oxygen atoms in total. The lowest BCUT2D eigenvalue weighted by atomic mass is 10.2. The fourth-order valence-electron chi connectivity index (χ4n) is 1.36. The molecule has 1 atom stereocenters. The lowest BCUT2D eigenvalue weighted by Crippen LogP contribution is -2.41. The van der Waals surface area contributed by atoms with E-state index in [9.17, 15) is 9.59 Å². The molecule has 0 aliphatic carbocycles. The van der Waals surface area contributed by atoms with Crippen molar-refractivity contribution >= 4 is 23.6 Å². The zero-order valence-corrected chi connectivity index (χ0v) is 11.4. The highest BCUT2D eigenvalue weighted by Gasteiger charge is 2.19. The molecule has 1 rings (SSSR count). The van der Waals surface area contributed by atoms with Gasteiger partial charge < -0.3 is 5.32 Å². The first kappa shape index (κ1) is 14.6. The zero-order chi connectivity index (χ0) is 13.4. The van der Waals surface area contributed by atoms with E-state index in [1.54, 1.807) is 0 Å². The molecule has 0 heterocycles. The number of amides is 2. The molecule has 0 bridgehead atoms. The van der Waals surface area contributed by atoms with Crippen LogP contribution >= 0.6 is 11.8 Å². The van der Waals surface area contributed by atoms with Gasteiger partial charge in [0.05, 0.1) is 6.54 Å². The van der Waals surface area contributed by atoms with Crippen LogP contribution in [0.2, 0.25) is 0 Å². The van der Waals surface area contributed by atoms with Gasteiger partial charge in [0.15, 0.2) is 5.37 Å². The van der Waals surface area contributed by atoms with Crippen LogP contribution in [0.25, 0.3) is 0 Å². The topological polar surface area (TPSA) is 60.3 Å². The SMILES string of the molecule is CCSC(NC(C)=O)C(=O)[N]Cc1ccccc1. The molecule has 1 N–H and O–H groups in total. The van der Waals surface area contributed by atoms with Crippen LogP contribution in [0.15, 0.2) is 30.3 Å². The molecular weight excluding hydrogens is 248 g/mol. The Bertz CT molecular complexity index is 395. The molecule has 1 aromatic rings. The van der Waals surface area contributed by atoms with E-state index in [2.05, 4.69) is 10.6 Å². The number of hydrogen-bond acceptors (Lipinski definition) is 3. The summed E-state index contributed by atoms with van der Waals surface area (Å²) in [6.45, 7) is 3.68. The van der Waals surface area contributed by atoms with E-state index < -0.39 is 5.37 Å². The molecule has 0 aliphatic heterocycles. The largest absolute Gasteiger partial charge is 0.336 e. The number of nitrogens with zero attached hydrogens (tertiary/aromatic N) is 1. The molecule has 0 saturated heterocycles. The number of rotatable bonds is 6. The van der Waals surface area contributed by atoms with Crippen molar-refractivity contribution in [2.24, 2.45) is 0 Å². The normalized spacial score (nSPS) is 11.7. The minimum Gasteiger partial charge on any atom is -0.336 e. The third kappa shape index (κ3) is 5.23. The van der Waals surface area contributed by atoms with Crippen LogP contribution in [-0.2, 0) is 16.1 Å². The van der Waals surface area contributed by atoms with Crippen molar-refractivity contribution in [1.82, 2.24) is 10.6 Å². The fraction of sp³-hybridized carbons (Fsp3) is 0.385. The summed E-state index contributed by atoms with van der Waals surface area (Å²) in [5, 5.41) is 6.02. The van der Waals surface area contributed by atoms with Gasteiger partial charge in [0.2, 0.25) is 5.91 Å². The van der Waals surface area contributed by atoms with Crippen LogP contribution in [0, 0.1) is 0 Å². The van der Waals surface area contributed by atoms with Crippen molar-refractivity contribution in [3.63, 3.8) is 0 Å². The molecule has 0 spiro atoms. The molecule has 0 aromatic heterocycles. The summed E-state index contributed by atoms with van der Waals surface area (Å²) < 4.78 is 0. The number of carbonyl (C=O) groups excluding carboxylic acids is 2. The monoisotopic (exact) mass is 265 g/mol. The van der Waals surface area contributed by atoms with E-state index in [1.165, 1.54) is 18.7 Å². The Morgan fingerprint density at radius 3 is 2.56 bits per heavy atom. The molecule has 1 unspecified atom stereocenters. The van der Waals surface area contributed by atoms with Gasteiger partial charge in [-0.05, 0) is 11.3 Å². The number of hydrogen-bond donors (Lipinski definition) is 1. The zero-order valence-electron chi connectivity index (χ0n) is 10.6. The van der Waals surface area contributed by atoms with Gasteiger partial charge in [-0.2, -0.15) is 0 Å². The maximum absolute atomic E-state index is 11.8. The van der Waals surface area contributed by atoms with Crippen molar-refractivity contribution in [2.75, 3.05) is 5.75 Å². The number of benzene rings is 1. The van der Waals surface area contributed by atoms with Crippen molar-refractivity contribution < 1.29 is 9.59 Å². The first-order valence-corrected chi connectivity index (χ1v) is 6.82. The maximum Gasteiger partial charge on any atom is 0.274 e. The second-order valence-corrected chi connectivity index (χ2v) is 5.06. The van der Waals surface area contributed by atoms with Crippen LogP contribution in [0.5, 0.6) is 0 Å². The lowest BCUT2D eigenvalue weighted by Gasteiger charge is -2.14. The minimum atomic E-state index is -0.573. The van der Waals surface area contributed by atoms with Gasteiger partial charge in [-0.25, -0.2) is 5.32 Å². The van der Waals surface area contributed by atoms with Crippen molar-refractivity contribution in [3.8, 4) is 0 Å². The van der Waals surface area contributed by atoms with Crippen molar-refractivity contribution in [3.05, 3.63) is 35.9 Å². The molecule has 0 aliphatic rings. The van der Waals surface area contributed by atoms with E-state index in [0.29, 0.717) is 6.54 Å². The van der Waals surface area contributed by atoms with E-state index in [0.717, 1.165) is 11.3 Å². The standard InChI is InChI=1S/C13H17N2O2S/c1-3-18-13(15-10(2)16)12(17)14-9-11-7-5-4-6-8-11/h4-8,13H,3,9H2,1-2H3,(H,15,16). The summed E-state index contributed by atoms with van der Waals surface area (Å²) in [6.07, 6.45) is 0. The van der Waals surface area contributed by atoms with Gasteiger partial charge in [0.25, 0.3) is 5.91 Å². The Labute approximate surface area is 112 Å². The smallest absolute Gasteiger partial charge is 0.274 e. The molecule has 18 heavy (non-hydrogen) atoms. The highest BCUT2D eigenvalue weighted by atomic mass is 32.2. The molecule has 97 valence electrons. The summed E-state index contributed by atoms with van der Waals surface area (Å²) >= 11 is 1.37. The van der Waals surface area contributed by atoms with Crippen LogP contribution in [-0.4, -0.2) is 22.9 Å². The summed E-state index contributed by atoms with van der Waals surface area (Å²) in [6, 6.07) is 9.55. The Balaban J connectivity index is 2.48. The third-order valence-corrected chi connectivity index (χ3v) is 3.14. The van der Waals surface area contributed by atoms with E-state index in [-0.39, 0.29) is 11.8 Å². The summed E-state index contributed by atoms with van der Waals surface area (Å²) in [5.74, 6) is 0.238. The third-order valence-electron chi connectivity index (χ3n) is 2.15. The van der Waals surface area contributed by atoms with Crippen LogP contribution in [0.3, 0.4) is 0 Å². The van der Waals surface area contributed by atoms with Crippen molar-refractivity contribution in [1.29, 1.82) is 0 Å². The summed E-state index contributed by atoms with van der Waals surface area (Å²) in [7, 11) is 0. The highest BCUT2D eigenvalue weighted by Crippen LogP contribution is 2.08. The average molecular weight is 265 g/mol. The maximum atomic E-state index is 11.8. The Morgan fingerprint density at radius 2 is 2.00 bits per heavy atom. The lowest BCUT2D eigenvalue weighted by molar-refractivity contribution is -0.126.